The fourth-order valence-corrected chi connectivity index (χ4v) is 5.17. The summed E-state index contributed by atoms with van der Waals surface area (Å²) in [5.74, 6) is 3.32. The van der Waals surface area contributed by atoms with Gasteiger partial charge >= 0.3 is 5.91 Å². The number of pyridine rings is 1. The van der Waals surface area contributed by atoms with Gasteiger partial charge in [0.2, 0.25) is 0 Å². The van der Waals surface area contributed by atoms with Gasteiger partial charge in [-0.2, -0.15) is 4.74 Å². The summed E-state index contributed by atoms with van der Waals surface area (Å²) < 4.78 is 0.563. The van der Waals surface area contributed by atoms with E-state index in [0.29, 0.717) is 27.6 Å². The summed E-state index contributed by atoms with van der Waals surface area (Å²) in [6.07, 6.45) is 8.88. The van der Waals surface area contributed by atoms with Crippen molar-refractivity contribution >= 4 is 28.9 Å². The summed E-state index contributed by atoms with van der Waals surface area (Å²) in [4.78, 5) is 22.2. The first-order valence-corrected chi connectivity index (χ1v) is 13.0. The highest BCUT2D eigenvalue weighted by Gasteiger charge is 2.22. The predicted molar refractivity (Wildman–Crippen MR) is 143 cm³/mol. The molecule has 1 aromatic carbocycles. The minimum absolute atomic E-state index is 0.138. The van der Waals surface area contributed by atoms with Crippen LogP contribution in [0.15, 0.2) is 54.4 Å². The van der Waals surface area contributed by atoms with Crippen LogP contribution in [0, 0.1) is 5.21 Å². The van der Waals surface area contributed by atoms with Crippen LogP contribution in [0.1, 0.15) is 54.6 Å². The molecule has 188 valence electrons. The zero-order chi connectivity index (χ0) is 24.9. The van der Waals surface area contributed by atoms with Gasteiger partial charge in [-0.25, -0.2) is 15.1 Å². The Labute approximate surface area is 212 Å². The lowest BCUT2D eigenvalue weighted by atomic mass is 10.1. The van der Waals surface area contributed by atoms with Gasteiger partial charge in [0.1, 0.15) is 5.82 Å². The van der Waals surface area contributed by atoms with Gasteiger partial charge in [-0.05, 0) is 88.5 Å². The van der Waals surface area contributed by atoms with E-state index in [1.54, 1.807) is 6.08 Å². The summed E-state index contributed by atoms with van der Waals surface area (Å²) in [6, 6.07) is 13.9. The van der Waals surface area contributed by atoms with Crippen molar-refractivity contribution in [3.8, 4) is 0 Å². The van der Waals surface area contributed by atoms with E-state index in [4.69, 9.17) is 0 Å². The Morgan fingerprint density at radius 2 is 1.92 bits per heavy atom. The summed E-state index contributed by atoms with van der Waals surface area (Å²) >= 11 is 0. The second-order valence-corrected chi connectivity index (χ2v) is 9.80. The molecule has 2 saturated heterocycles. The van der Waals surface area contributed by atoms with E-state index in [9.17, 15) is 10.0 Å². The second kappa shape index (κ2) is 11.0. The van der Waals surface area contributed by atoms with E-state index in [1.165, 1.54) is 38.6 Å². The number of carbonyl (C=O) groups is 1. The number of rotatable bonds is 8. The Bertz CT molecular complexity index is 1190. The molecule has 8 heteroatoms. The third-order valence-corrected chi connectivity index (χ3v) is 7.29. The van der Waals surface area contributed by atoms with Crippen LogP contribution in [0.5, 0.6) is 0 Å². The standard InChI is InChI=1S/C28H34N6O2/c1-32-16-6-7-23(32)14-15-29-26-9-5-8-25(30-26)22-19-27(34(36)20-22)31-28(35)21-10-12-24(13-11-21)33-17-3-2-4-18-33/h5,8-13,19,23H,2-4,6-7,14-18H2,1H3,(H,29,30)(H,31,35). The van der Waals surface area contributed by atoms with Gasteiger partial charge in [-0.1, -0.05) is 6.07 Å². The monoisotopic (exact) mass is 486 g/mol. The lowest BCUT2D eigenvalue weighted by molar-refractivity contribution is -0.396. The van der Waals surface area contributed by atoms with Gasteiger partial charge in [-0.15, -0.1) is 0 Å². The lowest BCUT2D eigenvalue weighted by Crippen LogP contribution is -2.29. The van der Waals surface area contributed by atoms with Gasteiger partial charge in [0.15, 0.2) is 0 Å². The van der Waals surface area contributed by atoms with Gasteiger partial charge in [0, 0.05) is 37.4 Å². The first-order valence-electron chi connectivity index (χ1n) is 13.0. The molecule has 2 fully saturated rings. The third-order valence-electron chi connectivity index (χ3n) is 7.29. The van der Waals surface area contributed by atoms with Gasteiger partial charge in [-0.3, -0.25) is 0 Å². The molecule has 3 aliphatic heterocycles. The Balaban J connectivity index is 1.19. The van der Waals surface area contributed by atoms with Crippen molar-refractivity contribution in [1.82, 2.24) is 15.2 Å². The van der Waals surface area contributed by atoms with Crippen LogP contribution in [-0.2, 0) is 0 Å². The number of nitrogens with one attached hydrogen (secondary N) is 2. The van der Waals surface area contributed by atoms with Crippen molar-refractivity contribution in [3.05, 3.63) is 70.8 Å². The van der Waals surface area contributed by atoms with E-state index < -0.39 is 0 Å². The van der Waals surface area contributed by atoms with Crippen LogP contribution in [0.3, 0.4) is 0 Å². The molecule has 2 aromatic rings. The molecule has 3 aliphatic rings. The summed E-state index contributed by atoms with van der Waals surface area (Å²) in [7, 11) is 2.18. The molecule has 5 rings (SSSR count). The lowest BCUT2D eigenvalue weighted by Gasteiger charge is -2.28. The fourth-order valence-electron chi connectivity index (χ4n) is 5.17. The molecule has 2 N–H and O–H groups in total. The number of hydrogen-bond donors (Lipinski definition) is 2. The fraction of sp³-hybridized carbons (Fsp3) is 0.429. The zero-order valence-corrected chi connectivity index (χ0v) is 20.9. The Hall–Kier alpha value is -3.61. The highest BCUT2D eigenvalue weighted by atomic mass is 16.5. The van der Waals surface area contributed by atoms with Crippen LogP contribution < -0.4 is 15.5 Å². The number of benzene rings is 1. The number of anilines is 2. The summed E-state index contributed by atoms with van der Waals surface area (Å²) in [5.41, 5.74) is 2.81. The second-order valence-electron chi connectivity index (χ2n) is 9.80. The highest BCUT2D eigenvalue weighted by molar-refractivity contribution is 5.98. The number of hydrogen-bond acceptors (Lipinski definition) is 6. The van der Waals surface area contributed by atoms with Crippen LogP contribution >= 0.6 is 0 Å². The van der Waals surface area contributed by atoms with Crippen LogP contribution in [0.2, 0.25) is 0 Å². The molecule has 0 spiro atoms. The minimum atomic E-state index is -0.324. The number of piperidine rings is 1. The Kier molecular flexibility index (Phi) is 7.35. The van der Waals surface area contributed by atoms with E-state index in [0.717, 1.165) is 37.6 Å². The maximum atomic E-state index is 12.8. The summed E-state index contributed by atoms with van der Waals surface area (Å²) in [6.45, 7) is 4.12. The van der Waals surface area contributed by atoms with Crippen LogP contribution in [0.25, 0.3) is 5.57 Å². The number of amides is 1. The SMILES string of the molecule is CN1CCCC1CCNc1cccc(C2=C=[N+]([O-])C(NC(=O)c3ccc(N4CCCCC4)cc3)=C2)n1. The first kappa shape index (κ1) is 24.1. The first-order chi connectivity index (χ1) is 17.6. The van der Waals surface area contributed by atoms with E-state index in [2.05, 4.69) is 38.3 Å². The van der Waals surface area contributed by atoms with E-state index in [-0.39, 0.29) is 11.7 Å². The maximum Gasteiger partial charge on any atom is 0.339 e. The molecule has 4 heterocycles. The van der Waals surface area contributed by atoms with E-state index in [1.807, 2.05) is 42.5 Å². The maximum absolute atomic E-state index is 12.8. The quantitative estimate of drug-likeness (QED) is 0.436. The molecular formula is C28H34N6O2. The molecular weight excluding hydrogens is 452 g/mol. The largest absolute Gasteiger partial charge is 0.703 e. The molecule has 8 nitrogen and oxygen atoms in total. The molecule has 36 heavy (non-hydrogen) atoms. The Morgan fingerprint density at radius 3 is 2.67 bits per heavy atom. The van der Waals surface area contributed by atoms with Crippen molar-refractivity contribution in [2.24, 2.45) is 0 Å². The highest BCUT2D eigenvalue weighted by Crippen LogP contribution is 2.22. The van der Waals surface area contributed by atoms with Crippen LogP contribution in [0.4, 0.5) is 11.5 Å². The molecule has 0 saturated carbocycles. The molecule has 1 unspecified atom stereocenters. The van der Waals surface area contributed by atoms with Crippen LogP contribution in [-0.4, -0.2) is 65.7 Å². The third kappa shape index (κ3) is 5.61. The summed E-state index contributed by atoms with van der Waals surface area (Å²) in [5, 5.41) is 18.6. The zero-order valence-electron chi connectivity index (χ0n) is 20.9. The van der Waals surface area contributed by atoms with Gasteiger partial charge in [0.25, 0.3) is 5.82 Å². The number of hydroxylamine groups is 1. The minimum Gasteiger partial charge on any atom is -0.703 e. The molecule has 0 bridgehead atoms. The smallest absolute Gasteiger partial charge is 0.339 e. The number of likely N-dealkylation sites (tertiary alicyclic amines) is 1. The number of allylic oxidation sites excluding steroid dienone is 2. The van der Waals surface area contributed by atoms with Crippen molar-refractivity contribution in [2.75, 3.05) is 43.4 Å². The normalized spacial score (nSPS) is 20.1. The number of nitrogens with zero attached hydrogens (tertiary/aromatic N) is 4. The average Bonchev–Trinajstić information content (AvgIpc) is 3.49. The molecule has 0 radical (unpaired) electrons. The molecule has 1 amide bonds. The molecule has 1 atom stereocenters. The topological polar surface area (TPSA) is 86.6 Å². The number of aromatic nitrogens is 1. The van der Waals surface area contributed by atoms with Gasteiger partial charge in [0.05, 0.1) is 22.7 Å². The van der Waals surface area contributed by atoms with Crippen molar-refractivity contribution in [1.29, 1.82) is 0 Å². The van der Waals surface area contributed by atoms with Gasteiger partial charge < -0.3 is 20.3 Å². The van der Waals surface area contributed by atoms with Crippen molar-refractivity contribution in [2.45, 2.75) is 44.6 Å². The molecule has 0 aliphatic carbocycles. The Morgan fingerprint density at radius 1 is 1.11 bits per heavy atom. The average molecular weight is 487 g/mol. The molecule has 1 aromatic heterocycles. The number of carbonyl (C=O) groups excluding carboxylic acids is 1. The van der Waals surface area contributed by atoms with Crippen molar-refractivity contribution in [3.63, 3.8) is 0 Å². The predicted octanol–water partition coefficient (Wildman–Crippen LogP) is 3.82. The van der Waals surface area contributed by atoms with E-state index >= 15 is 0 Å². The van der Waals surface area contributed by atoms with Crippen molar-refractivity contribution < 1.29 is 9.53 Å².